The van der Waals surface area contributed by atoms with E-state index in [0.29, 0.717) is 11.2 Å². The Labute approximate surface area is 145 Å². The number of Topliss-reactive ketones (excluding diaryl/α,β-unsaturated/α-hetero) is 1. The summed E-state index contributed by atoms with van der Waals surface area (Å²) in [6.07, 6.45) is 8.65. The SMILES string of the molecule is C[C@@H]1CCC[C@@]2(C)[C@H](Cc3c[nH]c4ccccc34)C(=O)CC[C@@]12C. The summed E-state index contributed by atoms with van der Waals surface area (Å²) in [5, 5.41) is 1.28. The van der Waals surface area contributed by atoms with E-state index < -0.39 is 0 Å². The number of aromatic amines is 1. The summed E-state index contributed by atoms with van der Waals surface area (Å²) in [4.78, 5) is 16.3. The fourth-order valence-corrected chi connectivity index (χ4v) is 5.82. The second kappa shape index (κ2) is 5.47. The van der Waals surface area contributed by atoms with Crippen molar-refractivity contribution in [1.29, 1.82) is 0 Å². The molecule has 0 aliphatic heterocycles. The molecule has 2 heteroatoms. The number of benzene rings is 1. The fourth-order valence-electron chi connectivity index (χ4n) is 5.82. The van der Waals surface area contributed by atoms with Crippen LogP contribution in [0.1, 0.15) is 58.4 Å². The fraction of sp³-hybridized carbons (Fsp3) is 0.591. The van der Waals surface area contributed by atoms with Crippen molar-refractivity contribution < 1.29 is 4.79 Å². The first-order chi connectivity index (χ1) is 11.5. The third-order valence-corrected chi connectivity index (χ3v) is 7.87. The van der Waals surface area contributed by atoms with Crippen LogP contribution in [0.4, 0.5) is 0 Å². The van der Waals surface area contributed by atoms with E-state index >= 15 is 0 Å². The second-order valence-corrected chi connectivity index (χ2v) is 8.71. The van der Waals surface area contributed by atoms with E-state index in [1.807, 2.05) is 0 Å². The molecule has 2 nitrogen and oxygen atoms in total. The average molecular weight is 323 g/mol. The highest BCUT2D eigenvalue weighted by molar-refractivity contribution is 5.86. The monoisotopic (exact) mass is 323 g/mol. The van der Waals surface area contributed by atoms with Crippen molar-refractivity contribution in [2.75, 3.05) is 0 Å². The van der Waals surface area contributed by atoms with Crippen LogP contribution in [0.5, 0.6) is 0 Å². The van der Waals surface area contributed by atoms with E-state index in [-0.39, 0.29) is 11.3 Å². The van der Waals surface area contributed by atoms with Gasteiger partial charge in [0.25, 0.3) is 0 Å². The number of hydrogen-bond donors (Lipinski definition) is 1. The third-order valence-electron chi connectivity index (χ3n) is 7.87. The first-order valence-electron chi connectivity index (χ1n) is 9.53. The molecule has 0 unspecified atom stereocenters. The van der Waals surface area contributed by atoms with Crippen LogP contribution in [-0.4, -0.2) is 10.8 Å². The quantitative estimate of drug-likeness (QED) is 0.775. The Morgan fingerprint density at radius 3 is 2.79 bits per heavy atom. The first kappa shape index (κ1) is 15.9. The summed E-state index contributed by atoms with van der Waals surface area (Å²) in [5.74, 6) is 1.38. The number of nitrogens with one attached hydrogen (secondary N) is 1. The van der Waals surface area contributed by atoms with E-state index in [1.165, 1.54) is 35.7 Å². The molecule has 2 fully saturated rings. The maximum Gasteiger partial charge on any atom is 0.136 e. The van der Waals surface area contributed by atoms with Gasteiger partial charge in [0.1, 0.15) is 5.78 Å². The molecule has 2 aromatic rings. The van der Waals surface area contributed by atoms with E-state index in [1.54, 1.807) is 0 Å². The molecule has 24 heavy (non-hydrogen) atoms. The second-order valence-electron chi connectivity index (χ2n) is 8.71. The molecule has 1 aromatic carbocycles. The maximum absolute atomic E-state index is 13.0. The van der Waals surface area contributed by atoms with Gasteiger partial charge in [-0.3, -0.25) is 4.79 Å². The molecule has 0 spiro atoms. The van der Waals surface area contributed by atoms with E-state index in [0.717, 1.165) is 25.2 Å². The Balaban J connectivity index is 1.73. The molecule has 1 N–H and O–H groups in total. The summed E-state index contributed by atoms with van der Waals surface area (Å²) in [7, 11) is 0. The molecule has 4 atom stereocenters. The van der Waals surface area contributed by atoms with Crippen molar-refractivity contribution in [3.63, 3.8) is 0 Å². The van der Waals surface area contributed by atoms with Gasteiger partial charge in [-0.05, 0) is 47.6 Å². The zero-order valence-corrected chi connectivity index (χ0v) is 15.2. The number of hydrogen-bond acceptors (Lipinski definition) is 1. The largest absolute Gasteiger partial charge is 0.361 e. The van der Waals surface area contributed by atoms with Crippen LogP contribution in [0.25, 0.3) is 10.9 Å². The maximum atomic E-state index is 13.0. The van der Waals surface area contributed by atoms with Gasteiger partial charge >= 0.3 is 0 Å². The molecule has 2 aliphatic carbocycles. The average Bonchev–Trinajstić information content (AvgIpc) is 2.98. The van der Waals surface area contributed by atoms with Crippen LogP contribution < -0.4 is 0 Å². The molecule has 1 aromatic heterocycles. The van der Waals surface area contributed by atoms with Crippen LogP contribution in [0, 0.1) is 22.7 Å². The number of H-pyrrole nitrogens is 1. The summed E-state index contributed by atoms with van der Waals surface area (Å²) in [6, 6.07) is 8.46. The Morgan fingerprint density at radius 1 is 1.17 bits per heavy atom. The molecule has 0 saturated heterocycles. The molecular formula is C22H29NO. The van der Waals surface area contributed by atoms with Crippen LogP contribution in [0.15, 0.2) is 30.5 Å². The standard InChI is InChI=1S/C22H29NO/c1-15-7-6-11-22(3)18(20(24)10-12-21(15,22)2)13-16-14-23-19-9-5-4-8-17(16)19/h4-5,8-9,14-15,18,23H,6-7,10-13H2,1-3H3/t15-,18-,21+,22+/m1/s1. The van der Waals surface area contributed by atoms with Gasteiger partial charge in [-0.15, -0.1) is 0 Å². The minimum Gasteiger partial charge on any atom is -0.361 e. The minimum atomic E-state index is 0.137. The topological polar surface area (TPSA) is 32.9 Å². The van der Waals surface area contributed by atoms with E-state index in [2.05, 4.69) is 56.2 Å². The van der Waals surface area contributed by atoms with Gasteiger partial charge in [0, 0.05) is 29.4 Å². The number of carbonyl (C=O) groups is 1. The first-order valence-corrected chi connectivity index (χ1v) is 9.53. The molecule has 2 aliphatic rings. The van der Waals surface area contributed by atoms with Gasteiger partial charge in [-0.25, -0.2) is 0 Å². The van der Waals surface area contributed by atoms with Crippen LogP contribution in [-0.2, 0) is 11.2 Å². The van der Waals surface area contributed by atoms with Crippen molar-refractivity contribution >= 4 is 16.7 Å². The van der Waals surface area contributed by atoms with Crippen molar-refractivity contribution in [3.8, 4) is 0 Å². The molecule has 0 amide bonds. The van der Waals surface area contributed by atoms with Gasteiger partial charge < -0.3 is 4.98 Å². The minimum absolute atomic E-state index is 0.137. The Hall–Kier alpha value is -1.57. The normalized spacial score (nSPS) is 36.7. The summed E-state index contributed by atoms with van der Waals surface area (Å²) < 4.78 is 0. The highest BCUT2D eigenvalue weighted by Crippen LogP contribution is 2.62. The lowest BCUT2D eigenvalue weighted by Crippen LogP contribution is -2.55. The van der Waals surface area contributed by atoms with Gasteiger partial charge in [-0.1, -0.05) is 51.8 Å². The summed E-state index contributed by atoms with van der Waals surface area (Å²) >= 11 is 0. The summed E-state index contributed by atoms with van der Waals surface area (Å²) in [6.45, 7) is 7.29. The van der Waals surface area contributed by atoms with Crippen molar-refractivity contribution in [2.45, 2.75) is 59.3 Å². The number of ketones is 1. The Kier molecular flexibility index (Phi) is 3.63. The zero-order chi connectivity index (χ0) is 16.9. The predicted molar refractivity (Wildman–Crippen MR) is 99.0 cm³/mol. The number of aromatic nitrogens is 1. The Morgan fingerprint density at radius 2 is 1.96 bits per heavy atom. The van der Waals surface area contributed by atoms with E-state index in [4.69, 9.17) is 0 Å². The lowest BCUT2D eigenvalue weighted by Gasteiger charge is -2.60. The van der Waals surface area contributed by atoms with Crippen LogP contribution in [0.2, 0.25) is 0 Å². The van der Waals surface area contributed by atoms with Crippen molar-refractivity contribution in [2.24, 2.45) is 22.7 Å². The van der Waals surface area contributed by atoms with Gasteiger partial charge in [-0.2, -0.15) is 0 Å². The molecule has 0 bridgehead atoms. The van der Waals surface area contributed by atoms with Crippen LogP contribution in [0.3, 0.4) is 0 Å². The highest BCUT2D eigenvalue weighted by atomic mass is 16.1. The number of fused-ring (bicyclic) bond motifs is 2. The summed E-state index contributed by atoms with van der Waals surface area (Å²) in [5.41, 5.74) is 2.93. The van der Waals surface area contributed by atoms with Gasteiger partial charge in [0.2, 0.25) is 0 Å². The third kappa shape index (κ3) is 2.11. The number of para-hydroxylation sites is 1. The van der Waals surface area contributed by atoms with Gasteiger partial charge in [0.15, 0.2) is 0 Å². The van der Waals surface area contributed by atoms with Crippen molar-refractivity contribution in [1.82, 2.24) is 4.98 Å². The molecule has 2 saturated carbocycles. The lowest BCUT2D eigenvalue weighted by molar-refractivity contribution is -0.152. The lowest BCUT2D eigenvalue weighted by atomic mass is 9.44. The molecule has 4 rings (SSSR count). The van der Waals surface area contributed by atoms with E-state index in [9.17, 15) is 4.79 Å². The van der Waals surface area contributed by atoms with Crippen molar-refractivity contribution in [3.05, 3.63) is 36.0 Å². The molecular weight excluding hydrogens is 294 g/mol. The number of carbonyl (C=O) groups excluding carboxylic acids is 1. The van der Waals surface area contributed by atoms with Gasteiger partial charge in [0.05, 0.1) is 0 Å². The number of rotatable bonds is 2. The molecule has 0 radical (unpaired) electrons. The predicted octanol–water partition coefficient (Wildman–Crippen LogP) is 5.52. The smallest absolute Gasteiger partial charge is 0.136 e. The highest BCUT2D eigenvalue weighted by Gasteiger charge is 2.57. The Bertz CT molecular complexity index is 775. The van der Waals surface area contributed by atoms with Crippen LogP contribution >= 0.6 is 0 Å². The zero-order valence-electron chi connectivity index (χ0n) is 15.2. The molecule has 1 heterocycles. The molecule has 128 valence electrons.